The van der Waals surface area contributed by atoms with Crippen molar-refractivity contribution in [3.8, 4) is 11.5 Å². The van der Waals surface area contributed by atoms with Gasteiger partial charge in [-0.3, -0.25) is 0 Å². The summed E-state index contributed by atoms with van der Waals surface area (Å²) in [4.78, 5) is 53.8. The van der Waals surface area contributed by atoms with Crippen molar-refractivity contribution in [1.82, 2.24) is 0 Å². The molecule has 0 aliphatic rings. The van der Waals surface area contributed by atoms with Crippen molar-refractivity contribution in [2.24, 2.45) is 0 Å². The van der Waals surface area contributed by atoms with Gasteiger partial charge >= 0.3 is 23.9 Å². The lowest BCUT2D eigenvalue weighted by atomic mass is 10.1. The highest BCUT2D eigenvalue weighted by Gasteiger charge is 2.43. The minimum absolute atomic E-state index is 0.0386. The fraction of sp³-hybridized carbons (Fsp3) is 0.176. The van der Waals surface area contributed by atoms with Gasteiger partial charge in [0.2, 0.25) is 12.2 Å². The Labute approximate surface area is 254 Å². The highest BCUT2D eigenvalue weighted by Crippen LogP contribution is 2.24. The Morgan fingerprint density at radius 2 is 0.841 bits per heavy atom. The smallest absolute Gasteiger partial charge is 0.352 e. The second-order valence-electron chi connectivity index (χ2n) is 9.24. The third kappa shape index (κ3) is 8.22. The molecular formula is C34H30O10. The molecule has 0 radical (unpaired) electrons. The molecule has 0 heterocycles. The van der Waals surface area contributed by atoms with Gasteiger partial charge in [0.1, 0.15) is 35.8 Å². The zero-order valence-corrected chi connectivity index (χ0v) is 24.0. The second-order valence-corrected chi connectivity index (χ2v) is 9.24. The number of benzene rings is 4. The summed E-state index contributed by atoms with van der Waals surface area (Å²) in [7, 11) is 2.72. The van der Waals surface area contributed by atoms with Gasteiger partial charge in [-0.1, -0.05) is 84.9 Å². The van der Waals surface area contributed by atoms with E-state index < -0.39 is 36.1 Å². The molecule has 4 aromatic carbocycles. The molecule has 0 bridgehead atoms. The van der Waals surface area contributed by atoms with Gasteiger partial charge in [0.05, 0.1) is 14.2 Å². The first kappa shape index (κ1) is 31.3. The van der Waals surface area contributed by atoms with E-state index in [1.807, 2.05) is 0 Å². The molecule has 0 fully saturated rings. The number of ether oxygens (including phenoxy) is 6. The van der Waals surface area contributed by atoms with Crippen LogP contribution in [0.2, 0.25) is 0 Å². The predicted octanol–water partition coefficient (Wildman–Crippen LogP) is 4.94. The van der Waals surface area contributed by atoms with E-state index in [4.69, 9.17) is 28.4 Å². The molecule has 2 atom stereocenters. The van der Waals surface area contributed by atoms with Gasteiger partial charge in [-0.15, -0.1) is 0 Å². The maximum absolute atomic E-state index is 13.5. The van der Waals surface area contributed by atoms with Gasteiger partial charge in [-0.05, 0) is 35.4 Å². The molecule has 0 N–H and O–H groups in total. The molecule has 0 spiro atoms. The highest BCUT2D eigenvalue weighted by atomic mass is 16.6. The number of hydrogen-bond acceptors (Lipinski definition) is 10. The van der Waals surface area contributed by atoms with E-state index in [9.17, 15) is 19.2 Å². The van der Waals surface area contributed by atoms with E-state index in [0.717, 1.165) is 0 Å². The summed E-state index contributed by atoms with van der Waals surface area (Å²) in [5.74, 6) is -4.04. The molecule has 0 saturated heterocycles. The number of carbonyl (C=O) groups is 4. The van der Waals surface area contributed by atoms with Crippen molar-refractivity contribution in [2.45, 2.75) is 25.4 Å². The molecule has 4 rings (SSSR count). The van der Waals surface area contributed by atoms with Crippen molar-refractivity contribution < 1.29 is 47.6 Å². The lowest BCUT2D eigenvalue weighted by Gasteiger charge is -2.25. The Balaban J connectivity index is 1.69. The van der Waals surface area contributed by atoms with E-state index in [2.05, 4.69) is 0 Å². The third-order valence-electron chi connectivity index (χ3n) is 6.31. The Morgan fingerprint density at radius 1 is 0.500 bits per heavy atom. The summed E-state index contributed by atoms with van der Waals surface area (Å²) in [5.41, 5.74) is 1.18. The van der Waals surface area contributed by atoms with Crippen LogP contribution < -0.4 is 9.47 Å². The molecule has 0 aliphatic carbocycles. The lowest BCUT2D eigenvalue weighted by molar-refractivity contribution is -0.175. The van der Waals surface area contributed by atoms with Crippen molar-refractivity contribution in [3.63, 3.8) is 0 Å². The fourth-order valence-corrected chi connectivity index (χ4v) is 4.07. The molecule has 0 unspecified atom stereocenters. The monoisotopic (exact) mass is 598 g/mol. The Morgan fingerprint density at radius 3 is 1.20 bits per heavy atom. The SMILES string of the molecule is COc1ccccc1C(=O)O[C@@H](C(=O)OCc1ccccc1)[C@@H](OC(=O)c1ccccc1OC)C(=O)OCc1ccccc1. The van der Waals surface area contributed by atoms with Crippen LogP contribution in [-0.2, 0) is 41.8 Å². The molecule has 0 amide bonds. The molecule has 0 aliphatic heterocycles. The lowest BCUT2D eigenvalue weighted by Crippen LogP contribution is -2.47. The first-order valence-electron chi connectivity index (χ1n) is 13.5. The van der Waals surface area contributed by atoms with Crippen LogP contribution in [-0.4, -0.2) is 50.3 Å². The second kappa shape index (κ2) is 15.5. The summed E-state index contributed by atoms with van der Waals surface area (Å²) in [6.07, 6.45) is -4.11. The minimum atomic E-state index is -2.06. The van der Waals surface area contributed by atoms with Gasteiger partial charge in [0.25, 0.3) is 0 Å². The van der Waals surface area contributed by atoms with Crippen LogP contribution in [0.5, 0.6) is 11.5 Å². The quantitative estimate of drug-likeness (QED) is 0.154. The molecule has 4 aromatic rings. The average molecular weight is 599 g/mol. The van der Waals surface area contributed by atoms with Crippen molar-refractivity contribution in [3.05, 3.63) is 131 Å². The zero-order valence-electron chi connectivity index (χ0n) is 24.0. The Kier molecular flexibility index (Phi) is 11.1. The molecule has 0 saturated carbocycles. The van der Waals surface area contributed by atoms with Crippen LogP contribution in [0, 0.1) is 0 Å². The maximum Gasteiger partial charge on any atom is 0.352 e. The first-order valence-corrected chi connectivity index (χ1v) is 13.5. The summed E-state index contributed by atoms with van der Waals surface area (Å²) in [6.45, 7) is -0.427. The van der Waals surface area contributed by atoms with Crippen LogP contribution >= 0.6 is 0 Å². The molecule has 0 aromatic heterocycles. The average Bonchev–Trinajstić information content (AvgIpc) is 3.08. The van der Waals surface area contributed by atoms with Crippen LogP contribution in [0.3, 0.4) is 0 Å². The number of methoxy groups -OCH3 is 2. The number of rotatable bonds is 13. The van der Waals surface area contributed by atoms with E-state index in [-0.39, 0.29) is 35.8 Å². The van der Waals surface area contributed by atoms with Gasteiger partial charge in [-0.2, -0.15) is 0 Å². The topological polar surface area (TPSA) is 124 Å². The van der Waals surface area contributed by atoms with Crippen LogP contribution in [0.15, 0.2) is 109 Å². The van der Waals surface area contributed by atoms with E-state index in [1.54, 1.807) is 84.9 Å². The first-order chi connectivity index (χ1) is 21.4. The maximum atomic E-state index is 13.5. The summed E-state index contributed by atoms with van der Waals surface area (Å²) < 4.78 is 32.5. The molecule has 44 heavy (non-hydrogen) atoms. The highest BCUT2D eigenvalue weighted by molar-refractivity contribution is 5.98. The largest absolute Gasteiger partial charge is 0.496 e. The number of esters is 4. The Bertz CT molecular complexity index is 1450. The van der Waals surface area contributed by atoms with Crippen molar-refractivity contribution in [1.29, 1.82) is 0 Å². The summed E-state index contributed by atoms with van der Waals surface area (Å²) in [6, 6.07) is 29.7. The van der Waals surface area contributed by atoms with E-state index in [1.165, 1.54) is 38.5 Å². The molecule has 226 valence electrons. The molecule has 10 heteroatoms. The van der Waals surface area contributed by atoms with Gasteiger partial charge in [-0.25, -0.2) is 19.2 Å². The van der Waals surface area contributed by atoms with E-state index in [0.29, 0.717) is 11.1 Å². The minimum Gasteiger partial charge on any atom is -0.496 e. The fourth-order valence-electron chi connectivity index (χ4n) is 4.07. The van der Waals surface area contributed by atoms with Gasteiger partial charge < -0.3 is 28.4 Å². The number of hydrogen-bond donors (Lipinski definition) is 0. The van der Waals surface area contributed by atoms with Crippen molar-refractivity contribution >= 4 is 23.9 Å². The van der Waals surface area contributed by atoms with Crippen LogP contribution in [0.4, 0.5) is 0 Å². The summed E-state index contributed by atoms with van der Waals surface area (Å²) in [5, 5.41) is 0. The van der Waals surface area contributed by atoms with Crippen LogP contribution in [0.1, 0.15) is 31.8 Å². The van der Waals surface area contributed by atoms with Crippen molar-refractivity contribution in [2.75, 3.05) is 14.2 Å². The number of carbonyl (C=O) groups excluding carboxylic acids is 4. The summed E-state index contributed by atoms with van der Waals surface area (Å²) >= 11 is 0. The number of para-hydroxylation sites is 2. The molecular weight excluding hydrogens is 568 g/mol. The molecule has 10 nitrogen and oxygen atoms in total. The zero-order chi connectivity index (χ0) is 31.3. The van der Waals surface area contributed by atoms with Gasteiger partial charge in [0.15, 0.2) is 0 Å². The Hall–Kier alpha value is -5.64. The van der Waals surface area contributed by atoms with E-state index >= 15 is 0 Å². The van der Waals surface area contributed by atoms with Gasteiger partial charge in [0, 0.05) is 0 Å². The normalized spacial score (nSPS) is 11.8. The predicted molar refractivity (Wildman–Crippen MR) is 157 cm³/mol. The third-order valence-corrected chi connectivity index (χ3v) is 6.31. The van der Waals surface area contributed by atoms with Crippen LogP contribution in [0.25, 0.3) is 0 Å². The standard InChI is InChI=1S/C34H30O10/c1-39-27-19-11-9-17-25(27)31(35)43-29(33(37)41-21-23-13-5-3-6-14-23)30(34(38)42-22-24-15-7-4-8-16-24)44-32(36)26-18-10-12-20-28(26)40-2/h3-20,29-30H,21-22H2,1-2H3/t29-,30-/m1/s1.